The van der Waals surface area contributed by atoms with E-state index in [0.29, 0.717) is 12.6 Å². The van der Waals surface area contributed by atoms with Crippen LogP contribution in [0.2, 0.25) is 0 Å². The van der Waals surface area contributed by atoms with Crippen molar-refractivity contribution < 1.29 is 5.11 Å². The molecule has 0 amide bonds. The molecule has 1 saturated carbocycles. The Morgan fingerprint density at radius 3 is 2.88 bits per heavy atom. The Kier molecular flexibility index (Phi) is 4.48. The van der Waals surface area contributed by atoms with Crippen molar-refractivity contribution in [2.45, 2.75) is 38.4 Å². The highest BCUT2D eigenvalue weighted by Gasteiger charge is 2.24. The molecule has 0 unspecified atom stereocenters. The van der Waals surface area contributed by atoms with E-state index >= 15 is 0 Å². The Bertz CT molecular complexity index is 352. The molecule has 0 saturated heterocycles. The van der Waals surface area contributed by atoms with Gasteiger partial charge in [0.2, 0.25) is 0 Å². The Hall–Kier alpha value is -0.970. The number of pyridine rings is 1. The van der Waals surface area contributed by atoms with Crippen LogP contribution in [-0.2, 0) is 13.1 Å². The summed E-state index contributed by atoms with van der Waals surface area (Å²) in [6.45, 7) is 2.36. The predicted octanol–water partition coefficient (Wildman–Crippen LogP) is 0.887. The van der Waals surface area contributed by atoms with Crippen molar-refractivity contribution >= 4 is 0 Å². The summed E-state index contributed by atoms with van der Waals surface area (Å²) in [5.41, 5.74) is 7.76. The summed E-state index contributed by atoms with van der Waals surface area (Å²) in [6.07, 6.45) is 5.65. The standard InChI is InChI=1S/C13H21N3O/c14-9-12-8-11(4-5-15-12)10-16(6-7-17)13-2-1-3-13/h4-5,8,13,17H,1-3,6-7,9-10,14H2. The van der Waals surface area contributed by atoms with Crippen molar-refractivity contribution in [3.8, 4) is 0 Å². The fourth-order valence-corrected chi connectivity index (χ4v) is 2.24. The van der Waals surface area contributed by atoms with Gasteiger partial charge in [0, 0.05) is 31.9 Å². The second-order valence-electron chi connectivity index (χ2n) is 4.64. The Balaban J connectivity index is 2.00. The van der Waals surface area contributed by atoms with Crippen molar-refractivity contribution in [3.63, 3.8) is 0 Å². The summed E-state index contributed by atoms with van der Waals surface area (Å²) in [6, 6.07) is 4.74. The SMILES string of the molecule is NCc1cc(CN(CCO)C2CCC2)ccn1. The van der Waals surface area contributed by atoms with Crippen LogP contribution in [-0.4, -0.2) is 34.2 Å². The first-order valence-corrected chi connectivity index (χ1v) is 6.32. The number of hydrogen-bond acceptors (Lipinski definition) is 4. The molecule has 0 aliphatic heterocycles. The minimum absolute atomic E-state index is 0.228. The van der Waals surface area contributed by atoms with Crippen LogP contribution in [0.25, 0.3) is 0 Å². The first-order chi connectivity index (χ1) is 8.33. The van der Waals surface area contributed by atoms with E-state index in [1.165, 1.54) is 24.8 Å². The zero-order valence-corrected chi connectivity index (χ0v) is 10.2. The minimum Gasteiger partial charge on any atom is -0.395 e. The molecular weight excluding hydrogens is 214 g/mol. The van der Waals surface area contributed by atoms with E-state index in [1.807, 2.05) is 12.3 Å². The first kappa shape index (κ1) is 12.5. The van der Waals surface area contributed by atoms with Gasteiger partial charge in [0.05, 0.1) is 12.3 Å². The van der Waals surface area contributed by atoms with Crippen LogP contribution >= 0.6 is 0 Å². The lowest BCUT2D eigenvalue weighted by molar-refractivity contribution is 0.0945. The fraction of sp³-hybridized carbons (Fsp3) is 0.615. The number of nitrogens with two attached hydrogens (primary N) is 1. The van der Waals surface area contributed by atoms with Gasteiger partial charge in [0.15, 0.2) is 0 Å². The quantitative estimate of drug-likeness (QED) is 0.768. The lowest BCUT2D eigenvalue weighted by Crippen LogP contribution is -2.41. The van der Waals surface area contributed by atoms with E-state index in [4.69, 9.17) is 10.8 Å². The van der Waals surface area contributed by atoms with E-state index in [1.54, 1.807) is 0 Å². The van der Waals surface area contributed by atoms with Gasteiger partial charge in [-0.15, -0.1) is 0 Å². The molecule has 1 aromatic rings. The second kappa shape index (κ2) is 6.10. The van der Waals surface area contributed by atoms with Crippen LogP contribution in [0.15, 0.2) is 18.3 Å². The van der Waals surface area contributed by atoms with Crippen molar-refractivity contribution in [1.29, 1.82) is 0 Å². The van der Waals surface area contributed by atoms with E-state index in [0.717, 1.165) is 18.8 Å². The highest BCUT2D eigenvalue weighted by atomic mass is 16.3. The fourth-order valence-electron chi connectivity index (χ4n) is 2.24. The van der Waals surface area contributed by atoms with Gasteiger partial charge in [0.1, 0.15) is 0 Å². The lowest BCUT2D eigenvalue weighted by atomic mass is 9.91. The number of aromatic nitrogens is 1. The van der Waals surface area contributed by atoms with Gasteiger partial charge in [-0.25, -0.2) is 0 Å². The summed E-state index contributed by atoms with van der Waals surface area (Å²) in [4.78, 5) is 6.56. The van der Waals surface area contributed by atoms with Gasteiger partial charge in [-0.05, 0) is 30.5 Å². The van der Waals surface area contributed by atoms with Crippen LogP contribution in [0.4, 0.5) is 0 Å². The third kappa shape index (κ3) is 3.25. The molecule has 1 aromatic heterocycles. The summed E-state index contributed by atoms with van der Waals surface area (Å²) in [5.74, 6) is 0. The van der Waals surface area contributed by atoms with Gasteiger partial charge in [-0.3, -0.25) is 9.88 Å². The number of nitrogens with zero attached hydrogens (tertiary/aromatic N) is 2. The number of hydrogen-bond donors (Lipinski definition) is 2. The summed E-state index contributed by atoms with van der Waals surface area (Å²) >= 11 is 0. The second-order valence-corrected chi connectivity index (χ2v) is 4.64. The number of aliphatic hydroxyl groups excluding tert-OH is 1. The topological polar surface area (TPSA) is 62.4 Å². The molecule has 1 heterocycles. The maximum atomic E-state index is 9.11. The summed E-state index contributed by atoms with van der Waals surface area (Å²) in [5, 5.41) is 9.11. The maximum Gasteiger partial charge on any atom is 0.0558 e. The molecule has 4 heteroatoms. The van der Waals surface area contributed by atoms with Crippen molar-refractivity contribution in [1.82, 2.24) is 9.88 Å². The van der Waals surface area contributed by atoms with Crippen LogP contribution in [0.3, 0.4) is 0 Å². The summed E-state index contributed by atoms with van der Waals surface area (Å²) in [7, 11) is 0. The zero-order chi connectivity index (χ0) is 12.1. The maximum absolute atomic E-state index is 9.11. The van der Waals surface area contributed by atoms with E-state index < -0.39 is 0 Å². The van der Waals surface area contributed by atoms with Crippen molar-refractivity contribution in [3.05, 3.63) is 29.6 Å². The van der Waals surface area contributed by atoms with Crippen LogP contribution in [0, 0.1) is 0 Å². The molecule has 1 aliphatic carbocycles. The number of aliphatic hydroxyl groups is 1. The minimum atomic E-state index is 0.228. The van der Waals surface area contributed by atoms with Crippen LogP contribution in [0.1, 0.15) is 30.5 Å². The lowest BCUT2D eigenvalue weighted by Gasteiger charge is -2.37. The Labute approximate surface area is 102 Å². The van der Waals surface area contributed by atoms with Crippen LogP contribution < -0.4 is 5.73 Å². The van der Waals surface area contributed by atoms with E-state index in [-0.39, 0.29) is 6.61 Å². The van der Waals surface area contributed by atoms with E-state index in [9.17, 15) is 0 Å². The van der Waals surface area contributed by atoms with Crippen LogP contribution in [0.5, 0.6) is 0 Å². The van der Waals surface area contributed by atoms with Crippen molar-refractivity contribution in [2.75, 3.05) is 13.2 Å². The molecule has 4 nitrogen and oxygen atoms in total. The average molecular weight is 235 g/mol. The molecule has 1 fully saturated rings. The molecule has 1 aliphatic rings. The molecule has 0 aromatic carbocycles. The molecule has 0 bridgehead atoms. The molecule has 17 heavy (non-hydrogen) atoms. The molecule has 0 atom stereocenters. The normalized spacial score (nSPS) is 16.2. The first-order valence-electron chi connectivity index (χ1n) is 6.32. The molecule has 94 valence electrons. The van der Waals surface area contributed by atoms with Gasteiger partial charge in [-0.1, -0.05) is 6.42 Å². The molecule has 3 N–H and O–H groups in total. The van der Waals surface area contributed by atoms with Gasteiger partial charge >= 0.3 is 0 Å². The smallest absolute Gasteiger partial charge is 0.0558 e. The largest absolute Gasteiger partial charge is 0.395 e. The molecule has 2 rings (SSSR count). The average Bonchev–Trinajstić information content (AvgIpc) is 2.27. The monoisotopic (exact) mass is 235 g/mol. The van der Waals surface area contributed by atoms with Crippen molar-refractivity contribution in [2.24, 2.45) is 5.73 Å². The molecule has 0 radical (unpaired) electrons. The zero-order valence-electron chi connectivity index (χ0n) is 10.2. The predicted molar refractivity (Wildman–Crippen MR) is 67.3 cm³/mol. The highest BCUT2D eigenvalue weighted by Crippen LogP contribution is 2.25. The van der Waals surface area contributed by atoms with Gasteiger partial charge in [-0.2, -0.15) is 0 Å². The third-order valence-electron chi connectivity index (χ3n) is 3.45. The van der Waals surface area contributed by atoms with Gasteiger partial charge < -0.3 is 10.8 Å². The number of rotatable bonds is 6. The van der Waals surface area contributed by atoms with E-state index in [2.05, 4.69) is 16.0 Å². The highest BCUT2D eigenvalue weighted by molar-refractivity contribution is 5.16. The molecule has 0 spiro atoms. The Morgan fingerprint density at radius 1 is 1.47 bits per heavy atom. The third-order valence-corrected chi connectivity index (χ3v) is 3.45. The molecular formula is C13H21N3O. The Morgan fingerprint density at radius 2 is 2.29 bits per heavy atom. The summed E-state index contributed by atoms with van der Waals surface area (Å²) < 4.78 is 0. The van der Waals surface area contributed by atoms with Gasteiger partial charge in [0.25, 0.3) is 0 Å².